The van der Waals surface area contributed by atoms with E-state index in [-0.39, 0.29) is 39.7 Å². The van der Waals surface area contributed by atoms with E-state index in [9.17, 15) is 27.5 Å². The number of halogens is 4. The number of hydrogen-bond acceptors (Lipinski definition) is 4. The van der Waals surface area contributed by atoms with Crippen molar-refractivity contribution >= 4 is 19.7 Å². The van der Waals surface area contributed by atoms with E-state index in [2.05, 4.69) is 48.1 Å². The Labute approximate surface area is 240 Å². The molecule has 1 aromatic rings. The summed E-state index contributed by atoms with van der Waals surface area (Å²) in [5.41, 5.74) is 4.11. The van der Waals surface area contributed by atoms with Crippen LogP contribution in [0.3, 0.4) is 0 Å². The molecule has 2 aliphatic rings. The first-order valence-corrected chi connectivity index (χ1v) is 13.0. The first-order valence-electron chi connectivity index (χ1n) is 13.0. The summed E-state index contributed by atoms with van der Waals surface area (Å²) in [6, 6.07) is 5.99. The third kappa shape index (κ3) is 11.0. The largest absolute Gasteiger partial charge is 0.673 e. The number of aliphatic hydroxyl groups excluding tert-OH is 1. The average Bonchev–Trinajstić information content (AvgIpc) is 2.76. The van der Waals surface area contributed by atoms with Crippen LogP contribution in [-0.4, -0.2) is 42.0 Å². The van der Waals surface area contributed by atoms with Crippen molar-refractivity contribution in [3.63, 3.8) is 0 Å². The molecule has 4 nitrogen and oxygen atoms in total. The number of aliphatic hydroxyl groups is 1. The molecule has 0 unspecified atom stereocenters. The van der Waals surface area contributed by atoms with Crippen molar-refractivity contribution in [2.75, 3.05) is 0 Å². The third-order valence-corrected chi connectivity index (χ3v) is 6.53. The molecule has 1 aromatic carbocycles. The first kappa shape index (κ1) is 34.7. The van der Waals surface area contributed by atoms with E-state index in [4.69, 9.17) is 9.98 Å². The van der Waals surface area contributed by atoms with Crippen molar-refractivity contribution in [2.45, 2.75) is 91.1 Å². The molecule has 1 saturated carbocycles. The summed E-state index contributed by atoms with van der Waals surface area (Å²) in [6.07, 6.45) is 10.5. The standard InChI is InChI=1S/C29H40N2O2.BF4.Co/c1-19-15-21(27(33)23(16-19)29(5,6)7)18-31-25-14-9-8-13-24(25)30-17-20-11-10-12-22(26(20)32)28(2,3)4;2-1(3,4)5;/h10-12,16-18,24-25,32-33H,1,8-9,13-15H2,2-7H3;;/q;-1;/t24-,25-;;/m1../s1. The van der Waals surface area contributed by atoms with Gasteiger partial charge in [-0.25, -0.2) is 0 Å². The Morgan fingerprint density at radius 1 is 0.897 bits per heavy atom. The van der Waals surface area contributed by atoms with Crippen LogP contribution in [0.2, 0.25) is 0 Å². The van der Waals surface area contributed by atoms with Crippen LogP contribution in [0.15, 0.2) is 63.3 Å². The maximum absolute atomic E-state index is 10.9. The van der Waals surface area contributed by atoms with Crippen LogP contribution in [0, 0.1) is 5.41 Å². The average molecular weight is 594 g/mol. The van der Waals surface area contributed by atoms with E-state index in [0.29, 0.717) is 17.9 Å². The molecule has 0 saturated heterocycles. The normalized spacial score (nSPS) is 21.0. The minimum Gasteiger partial charge on any atom is -0.507 e. The monoisotopic (exact) mass is 594 g/mol. The van der Waals surface area contributed by atoms with Crippen molar-refractivity contribution in [2.24, 2.45) is 15.4 Å². The Balaban J connectivity index is 0.00000116. The minimum atomic E-state index is -6.00. The zero-order chi connectivity index (χ0) is 28.9. The zero-order valence-corrected chi connectivity index (χ0v) is 24.6. The van der Waals surface area contributed by atoms with E-state index in [1.54, 1.807) is 0 Å². The second kappa shape index (κ2) is 13.8. The topological polar surface area (TPSA) is 65.2 Å². The summed E-state index contributed by atoms with van der Waals surface area (Å²) >= 11 is 0. The Hall–Kier alpha value is -2.33. The van der Waals surface area contributed by atoms with Crippen LogP contribution in [-0.2, 0) is 22.2 Å². The molecular weight excluding hydrogens is 554 g/mol. The van der Waals surface area contributed by atoms with Gasteiger partial charge in [0.15, 0.2) is 0 Å². The number of allylic oxidation sites excluding steroid dienone is 4. The SMILES string of the molecule is C=C1C=C(C(C)(C)C)C(O)=C(C=N[C@@H]2CCCC[C@H]2N=Cc2cccc(C(C)(C)C)c2O)C1.F[B-](F)(F)F.[Co]. The Morgan fingerprint density at radius 3 is 1.90 bits per heavy atom. The Morgan fingerprint density at radius 2 is 1.41 bits per heavy atom. The smallest absolute Gasteiger partial charge is 0.507 e. The molecule has 0 amide bonds. The van der Waals surface area contributed by atoms with Gasteiger partial charge < -0.3 is 27.5 Å². The van der Waals surface area contributed by atoms with Gasteiger partial charge in [-0.05, 0) is 40.9 Å². The number of nitrogens with zero attached hydrogens (tertiary/aromatic N) is 2. The fraction of sp³-hybridized carbons (Fsp3) is 0.517. The molecule has 0 aliphatic heterocycles. The van der Waals surface area contributed by atoms with Crippen LogP contribution in [0.4, 0.5) is 17.3 Å². The molecule has 1 radical (unpaired) electrons. The minimum absolute atomic E-state index is 0. The van der Waals surface area contributed by atoms with Gasteiger partial charge in [0.05, 0.1) is 12.1 Å². The molecule has 0 spiro atoms. The number of hydrogen-bond donors (Lipinski definition) is 2. The fourth-order valence-electron chi connectivity index (χ4n) is 4.58. The number of benzene rings is 1. The van der Waals surface area contributed by atoms with Gasteiger partial charge in [0.25, 0.3) is 0 Å². The van der Waals surface area contributed by atoms with E-state index in [1.165, 1.54) is 0 Å². The number of para-hydroxylation sites is 1. The van der Waals surface area contributed by atoms with Gasteiger partial charge in [0, 0.05) is 46.8 Å². The molecule has 0 heterocycles. The molecule has 1 fully saturated rings. The molecule has 219 valence electrons. The van der Waals surface area contributed by atoms with Gasteiger partial charge in [-0.2, -0.15) is 0 Å². The molecule has 39 heavy (non-hydrogen) atoms. The zero-order valence-electron chi connectivity index (χ0n) is 23.6. The Kier molecular flexibility index (Phi) is 12.3. The van der Waals surface area contributed by atoms with Crippen molar-refractivity contribution in [3.05, 3.63) is 64.5 Å². The van der Waals surface area contributed by atoms with Crippen molar-refractivity contribution in [1.29, 1.82) is 0 Å². The molecule has 2 atom stereocenters. The summed E-state index contributed by atoms with van der Waals surface area (Å²) in [5, 5.41) is 21.6. The van der Waals surface area contributed by atoms with Gasteiger partial charge >= 0.3 is 7.25 Å². The van der Waals surface area contributed by atoms with Crippen molar-refractivity contribution in [3.8, 4) is 5.75 Å². The third-order valence-electron chi connectivity index (χ3n) is 6.53. The van der Waals surface area contributed by atoms with E-state index >= 15 is 0 Å². The second-order valence-corrected chi connectivity index (χ2v) is 12.0. The van der Waals surface area contributed by atoms with Gasteiger partial charge in [-0.15, -0.1) is 0 Å². The molecule has 2 N–H and O–H groups in total. The number of phenols is 1. The number of aliphatic imine (C=N–C) groups is 2. The van der Waals surface area contributed by atoms with Gasteiger partial charge in [-0.1, -0.05) is 84.7 Å². The molecule has 3 rings (SSSR count). The summed E-state index contributed by atoms with van der Waals surface area (Å²) in [6.45, 7) is 16.7. The summed E-state index contributed by atoms with van der Waals surface area (Å²) < 4.78 is 39.0. The maximum Gasteiger partial charge on any atom is 0.673 e. The number of aromatic hydroxyl groups is 1. The summed E-state index contributed by atoms with van der Waals surface area (Å²) in [5.74, 6) is 0.639. The first-order chi connectivity index (χ1) is 17.4. The Bertz CT molecular complexity index is 1120. The summed E-state index contributed by atoms with van der Waals surface area (Å²) in [4.78, 5) is 9.76. The van der Waals surface area contributed by atoms with Crippen molar-refractivity contribution < 1.29 is 44.3 Å². The molecular formula is C29H40BCoF4N2O2-. The molecule has 0 aromatic heterocycles. The van der Waals surface area contributed by atoms with Gasteiger partial charge in [-0.3, -0.25) is 9.98 Å². The number of rotatable bonds is 4. The van der Waals surface area contributed by atoms with Crippen LogP contribution in [0.1, 0.15) is 84.8 Å². The van der Waals surface area contributed by atoms with Crippen molar-refractivity contribution in [1.82, 2.24) is 0 Å². The quantitative estimate of drug-likeness (QED) is 0.209. The van der Waals surface area contributed by atoms with Gasteiger partial charge in [0.2, 0.25) is 0 Å². The van der Waals surface area contributed by atoms with Crippen LogP contribution >= 0.6 is 0 Å². The van der Waals surface area contributed by atoms with Crippen LogP contribution in [0.25, 0.3) is 0 Å². The molecule has 2 aliphatic carbocycles. The van der Waals surface area contributed by atoms with E-state index < -0.39 is 7.25 Å². The predicted octanol–water partition coefficient (Wildman–Crippen LogP) is 8.53. The molecule has 0 bridgehead atoms. The van der Waals surface area contributed by atoms with E-state index in [1.807, 2.05) is 36.7 Å². The summed E-state index contributed by atoms with van der Waals surface area (Å²) in [7, 11) is -6.00. The van der Waals surface area contributed by atoms with Gasteiger partial charge in [0.1, 0.15) is 11.5 Å². The van der Waals surface area contributed by atoms with E-state index in [0.717, 1.165) is 53.5 Å². The molecule has 10 heteroatoms. The predicted molar refractivity (Wildman–Crippen MR) is 150 cm³/mol. The fourth-order valence-corrected chi connectivity index (χ4v) is 4.58. The maximum atomic E-state index is 10.9. The van der Waals surface area contributed by atoms with Crippen LogP contribution < -0.4 is 0 Å². The second-order valence-electron chi connectivity index (χ2n) is 12.0. The van der Waals surface area contributed by atoms with Crippen LogP contribution in [0.5, 0.6) is 5.75 Å². The number of phenolic OH excluding ortho intramolecular Hbond substituents is 1.